The average molecular weight is 352 g/mol. The highest BCUT2D eigenvalue weighted by Crippen LogP contribution is 2.29. The highest BCUT2D eigenvalue weighted by atomic mass is 32.1. The van der Waals surface area contributed by atoms with Gasteiger partial charge in [0.1, 0.15) is 5.56 Å². The first-order valence-electron chi connectivity index (χ1n) is 7.46. The predicted molar refractivity (Wildman–Crippen MR) is 95.6 cm³/mol. The number of fused-ring (bicyclic) bond motifs is 2. The molecule has 0 aliphatic rings. The van der Waals surface area contributed by atoms with Crippen molar-refractivity contribution in [1.29, 1.82) is 0 Å². The molecule has 4 rings (SSSR count). The minimum absolute atomic E-state index is 0.188. The minimum Gasteiger partial charge on any atom is -0.502 e. The molecule has 0 amide bonds. The van der Waals surface area contributed by atoms with E-state index in [-0.39, 0.29) is 12.1 Å². The van der Waals surface area contributed by atoms with Crippen LogP contribution < -0.4 is 5.56 Å². The highest BCUT2D eigenvalue weighted by molar-refractivity contribution is 7.17. The van der Waals surface area contributed by atoms with Gasteiger partial charge < -0.3 is 10.2 Å². The smallest absolute Gasteiger partial charge is 0.341 e. The van der Waals surface area contributed by atoms with Gasteiger partial charge in [0.15, 0.2) is 5.75 Å². The Hall–Kier alpha value is -3.19. The van der Waals surface area contributed by atoms with Crippen molar-refractivity contribution in [3.05, 3.63) is 69.6 Å². The lowest BCUT2D eigenvalue weighted by Gasteiger charge is -2.12. The predicted octanol–water partition coefficient (Wildman–Crippen LogP) is 3.06. The summed E-state index contributed by atoms with van der Waals surface area (Å²) < 4.78 is 1.76. The zero-order valence-electron chi connectivity index (χ0n) is 12.8. The van der Waals surface area contributed by atoms with Crippen molar-refractivity contribution in [2.45, 2.75) is 6.54 Å². The number of carbonyl (C=O) groups is 1. The number of carboxylic acid groups (broad SMARTS) is 1. The van der Waals surface area contributed by atoms with Crippen LogP contribution in [0.15, 0.2) is 52.9 Å². The third-order valence-corrected chi connectivity index (χ3v) is 5.06. The van der Waals surface area contributed by atoms with E-state index in [4.69, 9.17) is 0 Å². The quantitative estimate of drug-likeness (QED) is 0.591. The summed E-state index contributed by atoms with van der Waals surface area (Å²) in [6.45, 7) is 0.188. The largest absolute Gasteiger partial charge is 0.502 e. The van der Waals surface area contributed by atoms with Gasteiger partial charge in [-0.15, -0.1) is 11.3 Å². The lowest BCUT2D eigenvalue weighted by atomic mass is 10.1. The van der Waals surface area contributed by atoms with Gasteiger partial charge >= 0.3 is 5.97 Å². The first-order chi connectivity index (χ1) is 12.1. The fourth-order valence-corrected chi connectivity index (χ4v) is 3.92. The molecule has 0 unspecified atom stereocenters. The van der Waals surface area contributed by atoms with Crippen LogP contribution in [-0.4, -0.2) is 25.7 Å². The summed E-state index contributed by atoms with van der Waals surface area (Å²) in [6.07, 6.45) is 3.42. The van der Waals surface area contributed by atoms with E-state index < -0.39 is 17.3 Å². The monoisotopic (exact) mass is 352 g/mol. The van der Waals surface area contributed by atoms with Crippen molar-refractivity contribution in [3.8, 4) is 5.75 Å². The van der Waals surface area contributed by atoms with E-state index in [1.165, 1.54) is 15.9 Å². The van der Waals surface area contributed by atoms with Crippen LogP contribution in [0.25, 0.3) is 21.0 Å². The molecule has 124 valence electrons. The number of aromatic hydroxyl groups is 1. The molecule has 7 heteroatoms. The highest BCUT2D eigenvalue weighted by Gasteiger charge is 2.22. The van der Waals surface area contributed by atoms with Crippen molar-refractivity contribution in [2.24, 2.45) is 0 Å². The van der Waals surface area contributed by atoms with Crippen LogP contribution in [0.2, 0.25) is 0 Å². The summed E-state index contributed by atoms with van der Waals surface area (Å²) in [5.74, 6) is -2.06. The fraction of sp³-hybridized carbons (Fsp3) is 0.0556. The summed E-state index contributed by atoms with van der Waals surface area (Å²) >= 11 is 1.18. The molecule has 2 N–H and O–H groups in total. The van der Waals surface area contributed by atoms with Gasteiger partial charge in [-0.2, -0.15) is 0 Å². The Kier molecular flexibility index (Phi) is 3.51. The van der Waals surface area contributed by atoms with Crippen molar-refractivity contribution in [1.82, 2.24) is 9.55 Å². The van der Waals surface area contributed by atoms with Crippen LogP contribution in [0.5, 0.6) is 5.75 Å². The van der Waals surface area contributed by atoms with Gasteiger partial charge in [0.2, 0.25) is 0 Å². The zero-order chi connectivity index (χ0) is 17.6. The Morgan fingerprint density at radius 1 is 1.20 bits per heavy atom. The molecule has 0 aliphatic carbocycles. The molecule has 4 aromatic rings. The van der Waals surface area contributed by atoms with E-state index in [0.717, 1.165) is 16.3 Å². The third kappa shape index (κ3) is 2.36. The second kappa shape index (κ2) is 5.71. The first kappa shape index (κ1) is 15.3. The third-order valence-electron chi connectivity index (χ3n) is 4.14. The zero-order valence-corrected chi connectivity index (χ0v) is 13.7. The van der Waals surface area contributed by atoms with Gasteiger partial charge in [0.05, 0.1) is 16.8 Å². The maximum Gasteiger partial charge on any atom is 0.341 e. The molecule has 0 fully saturated rings. The topological polar surface area (TPSA) is 92.4 Å². The lowest BCUT2D eigenvalue weighted by Crippen LogP contribution is -2.23. The fourth-order valence-electron chi connectivity index (χ4n) is 2.98. The Morgan fingerprint density at radius 3 is 2.80 bits per heavy atom. The van der Waals surface area contributed by atoms with E-state index >= 15 is 0 Å². The number of rotatable bonds is 3. The van der Waals surface area contributed by atoms with Gasteiger partial charge in [-0.3, -0.25) is 14.3 Å². The van der Waals surface area contributed by atoms with Crippen LogP contribution in [0.1, 0.15) is 15.9 Å². The van der Waals surface area contributed by atoms with Gasteiger partial charge in [0.25, 0.3) is 5.56 Å². The molecule has 0 atom stereocenters. The number of thiophene rings is 1. The number of carboxylic acids is 1. The molecule has 0 saturated carbocycles. The van der Waals surface area contributed by atoms with Crippen molar-refractivity contribution in [2.75, 3.05) is 0 Å². The molecule has 0 radical (unpaired) electrons. The van der Waals surface area contributed by atoms with Crippen LogP contribution in [0, 0.1) is 0 Å². The van der Waals surface area contributed by atoms with E-state index in [1.807, 2.05) is 24.3 Å². The molecule has 3 heterocycles. The van der Waals surface area contributed by atoms with Gasteiger partial charge in [-0.25, -0.2) is 4.79 Å². The number of aromatic carboxylic acids is 1. The lowest BCUT2D eigenvalue weighted by molar-refractivity contribution is 0.0695. The Morgan fingerprint density at radius 2 is 2.00 bits per heavy atom. The number of aromatic nitrogens is 2. The van der Waals surface area contributed by atoms with Crippen LogP contribution in [-0.2, 0) is 6.54 Å². The molecule has 6 nitrogen and oxygen atoms in total. The number of hydrogen-bond acceptors (Lipinski definition) is 5. The van der Waals surface area contributed by atoms with E-state index in [2.05, 4.69) is 4.98 Å². The second-order valence-corrected chi connectivity index (χ2v) is 6.49. The molecule has 0 aliphatic heterocycles. The number of pyridine rings is 2. The maximum atomic E-state index is 12.6. The first-order valence-corrected chi connectivity index (χ1v) is 8.34. The van der Waals surface area contributed by atoms with Gasteiger partial charge in [-0.1, -0.05) is 24.3 Å². The average Bonchev–Trinajstić information content (AvgIpc) is 3.07. The Labute approximate surface area is 145 Å². The molecular weight excluding hydrogens is 340 g/mol. The SMILES string of the molecule is O=C(O)c1c(O)c(=O)n(Cc2cncc3ccccc23)c2ccsc12. The number of benzene rings is 1. The van der Waals surface area contributed by atoms with Crippen molar-refractivity contribution in [3.63, 3.8) is 0 Å². The minimum atomic E-state index is -1.32. The normalized spacial score (nSPS) is 11.2. The molecule has 3 aromatic heterocycles. The van der Waals surface area contributed by atoms with Crippen LogP contribution in [0.4, 0.5) is 0 Å². The van der Waals surface area contributed by atoms with E-state index in [1.54, 1.807) is 23.8 Å². The van der Waals surface area contributed by atoms with Crippen LogP contribution in [0.3, 0.4) is 0 Å². The van der Waals surface area contributed by atoms with Crippen LogP contribution >= 0.6 is 11.3 Å². The number of hydrogen-bond donors (Lipinski definition) is 2. The molecule has 0 bridgehead atoms. The summed E-state index contributed by atoms with van der Waals surface area (Å²) in [6, 6.07) is 9.36. The number of nitrogens with zero attached hydrogens (tertiary/aromatic N) is 2. The summed E-state index contributed by atoms with van der Waals surface area (Å²) in [4.78, 5) is 28.2. The maximum absolute atomic E-state index is 12.6. The molecular formula is C18H12N2O4S. The van der Waals surface area contributed by atoms with Crippen molar-refractivity contribution >= 4 is 38.3 Å². The van der Waals surface area contributed by atoms with Crippen molar-refractivity contribution < 1.29 is 15.0 Å². The Bertz CT molecular complexity index is 1190. The summed E-state index contributed by atoms with van der Waals surface area (Å²) in [5.41, 5.74) is 0.229. The standard InChI is InChI=1S/C18H12N2O4S/c21-15-14(18(23)24)16-13(5-6-25-16)20(17(15)22)9-11-8-19-7-10-3-1-2-4-12(10)11/h1-8,21H,9H2,(H,23,24). The van der Waals surface area contributed by atoms with Gasteiger partial charge in [-0.05, 0) is 22.4 Å². The molecule has 25 heavy (non-hydrogen) atoms. The second-order valence-electron chi connectivity index (χ2n) is 5.57. The van der Waals surface area contributed by atoms with E-state index in [9.17, 15) is 19.8 Å². The van der Waals surface area contributed by atoms with E-state index in [0.29, 0.717) is 10.2 Å². The summed E-state index contributed by atoms with van der Waals surface area (Å²) in [5, 5.41) is 23.1. The molecule has 0 saturated heterocycles. The van der Waals surface area contributed by atoms with Gasteiger partial charge in [0, 0.05) is 17.8 Å². The Balaban J connectivity index is 1.98. The molecule has 0 spiro atoms. The summed E-state index contributed by atoms with van der Waals surface area (Å²) in [7, 11) is 0. The molecule has 1 aromatic carbocycles.